The molecule has 0 aliphatic carbocycles. The van der Waals surface area contributed by atoms with Gasteiger partial charge < -0.3 is 5.11 Å². The number of aliphatic hydroxyl groups is 1. The van der Waals surface area contributed by atoms with Crippen LogP contribution >= 0.6 is 34.8 Å². The molecule has 0 saturated heterocycles. The molecule has 2 rings (SSSR count). The third kappa shape index (κ3) is 3.43. The van der Waals surface area contributed by atoms with E-state index in [0.717, 1.165) is 11.1 Å². The Bertz CT molecular complexity index is 549. The van der Waals surface area contributed by atoms with Crippen LogP contribution in [0.1, 0.15) is 17.0 Å². The van der Waals surface area contributed by atoms with Crippen molar-refractivity contribution >= 4 is 34.8 Å². The molecular formula is C15H13Cl3O. The Morgan fingerprint density at radius 1 is 0.842 bits per heavy atom. The van der Waals surface area contributed by atoms with Gasteiger partial charge in [-0.25, -0.2) is 0 Å². The zero-order valence-electron chi connectivity index (χ0n) is 10.1. The van der Waals surface area contributed by atoms with Crippen molar-refractivity contribution in [1.82, 2.24) is 0 Å². The predicted molar refractivity (Wildman–Crippen MR) is 81.4 cm³/mol. The Morgan fingerprint density at radius 3 is 2.00 bits per heavy atom. The van der Waals surface area contributed by atoms with Crippen LogP contribution in [-0.2, 0) is 6.42 Å². The molecule has 1 N–H and O–H groups in total. The summed E-state index contributed by atoms with van der Waals surface area (Å²) in [5.41, 5.74) is 1.74. The minimum absolute atomic E-state index is 0.00865. The monoisotopic (exact) mass is 314 g/mol. The molecule has 1 nitrogen and oxygen atoms in total. The van der Waals surface area contributed by atoms with Crippen LogP contribution < -0.4 is 0 Å². The van der Waals surface area contributed by atoms with E-state index in [-0.39, 0.29) is 12.5 Å². The Kier molecular flexibility index (Phi) is 5.12. The van der Waals surface area contributed by atoms with Gasteiger partial charge in [0, 0.05) is 21.0 Å². The van der Waals surface area contributed by atoms with Crippen molar-refractivity contribution in [3.8, 4) is 0 Å². The van der Waals surface area contributed by atoms with E-state index in [0.29, 0.717) is 21.5 Å². The second-order valence-corrected chi connectivity index (χ2v) is 5.53. The third-order valence-corrected chi connectivity index (χ3v) is 4.13. The smallest absolute Gasteiger partial charge is 0.0503 e. The normalized spacial score (nSPS) is 12.4. The Morgan fingerprint density at radius 2 is 1.42 bits per heavy atom. The van der Waals surface area contributed by atoms with E-state index in [1.165, 1.54) is 0 Å². The molecule has 1 atom stereocenters. The summed E-state index contributed by atoms with van der Waals surface area (Å²) in [6.07, 6.45) is 0.554. The number of benzene rings is 2. The summed E-state index contributed by atoms with van der Waals surface area (Å²) in [7, 11) is 0. The molecule has 19 heavy (non-hydrogen) atoms. The number of aliphatic hydroxyl groups excluding tert-OH is 1. The van der Waals surface area contributed by atoms with Crippen molar-refractivity contribution in [2.45, 2.75) is 12.3 Å². The molecule has 0 aliphatic rings. The van der Waals surface area contributed by atoms with E-state index in [1.807, 2.05) is 24.3 Å². The molecule has 0 heterocycles. The molecular weight excluding hydrogens is 303 g/mol. The molecule has 0 aromatic heterocycles. The average Bonchev–Trinajstić information content (AvgIpc) is 2.40. The largest absolute Gasteiger partial charge is 0.396 e. The highest BCUT2D eigenvalue weighted by molar-refractivity contribution is 6.36. The molecule has 0 saturated carbocycles. The van der Waals surface area contributed by atoms with Crippen LogP contribution in [0, 0.1) is 0 Å². The van der Waals surface area contributed by atoms with E-state index < -0.39 is 0 Å². The topological polar surface area (TPSA) is 20.2 Å². The van der Waals surface area contributed by atoms with Crippen LogP contribution in [0.5, 0.6) is 0 Å². The first kappa shape index (κ1) is 14.7. The van der Waals surface area contributed by atoms with Gasteiger partial charge >= 0.3 is 0 Å². The van der Waals surface area contributed by atoms with E-state index in [2.05, 4.69) is 0 Å². The first-order valence-corrected chi connectivity index (χ1v) is 7.05. The number of rotatable bonds is 4. The Balaban J connectivity index is 2.32. The summed E-state index contributed by atoms with van der Waals surface area (Å²) in [5.74, 6) is -0.119. The fourth-order valence-electron chi connectivity index (χ4n) is 2.05. The first-order chi connectivity index (χ1) is 9.13. The second-order valence-electron chi connectivity index (χ2n) is 4.31. The van der Waals surface area contributed by atoms with Crippen molar-refractivity contribution in [2.24, 2.45) is 0 Å². The summed E-state index contributed by atoms with van der Waals surface area (Å²) < 4.78 is 0. The lowest BCUT2D eigenvalue weighted by Crippen LogP contribution is -2.09. The number of halogens is 3. The van der Waals surface area contributed by atoms with Gasteiger partial charge in [0.1, 0.15) is 0 Å². The van der Waals surface area contributed by atoms with Gasteiger partial charge in [-0.1, -0.05) is 59.1 Å². The molecule has 4 heteroatoms. The van der Waals surface area contributed by atoms with Gasteiger partial charge in [-0.2, -0.15) is 0 Å². The molecule has 1 unspecified atom stereocenters. The maximum Gasteiger partial charge on any atom is 0.0503 e. The van der Waals surface area contributed by atoms with E-state index in [1.54, 1.807) is 18.2 Å². The summed E-state index contributed by atoms with van der Waals surface area (Å²) in [6.45, 7) is -0.00865. The van der Waals surface area contributed by atoms with Gasteiger partial charge in [-0.15, -0.1) is 0 Å². The fraction of sp³-hybridized carbons (Fsp3) is 0.200. The fourth-order valence-corrected chi connectivity index (χ4v) is 2.89. The molecule has 0 radical (unpaired) electrons. The van der Waals surface area contributed by atoms with E-state index in [9.17, 15) is 5.11 Å². The van der Waals surface area contributed by atoms with Gasteiger partial charge in [0.15, 0.2) is 0 Å². The van der Waals surface area contributed by atoms with Crippen LogP contribution in [-0.4, -0.2) is 11.7 Å². The van der Waals surface area contributed by atoms with Crippen molar-refractivity contribution < 1.29 is 5.11 Å². The molecule has 0 fully saturated rings. The maximum atomic E-state index is 9.60. The lowest BCUT2D eigenvalue weighted by Gasteiger charge is -2.17. The molecule has 0 bridgehead atoms. The Labute approximate surface area is 127 Å². The zero-order chi connectivity index (χ0) is 13.8. The van der Waals surface area contributed by atoms with E-state index >= 15 is 0 Å². The lowest BCUT2D eigenvalue weighted by atomic mass is 9.92. The lowest BCUT2D eigenvalue weighted by molar-refractivity contribution is 0.264. The molecule has 2 aromatic carbocycles. The minimum atomic E-state index is -0.119. The summed E-state index contributed by atoms with van der Waals surface area (Å²) in [6, 6.07) is 12.9. The number of hydrogen-bond donors (Lipinski definition) is 1. The summed E-state index contributed by atoms with van der Waals surface area (Å²) in [4.78, 5) is 0. The molecule has 0 amide bonds. The third-order valence-electron chi connectivity index (χ3n) is 3.08. The van der Waals surface area contributed by atoms with Crippen molar-refractivity contribution in [3.63, 3.8) is 0 Å². The highest BCUT2D eigenvalue weighted by Crippen LogP contribution is 2.32. The SMILES string of the molecule is OCC(Cc1c(Cl)cccc1Cl)c1ccccc1Cl. The van der Waals surface area contributed by atoms with Gasteiger partial charge in [0.05, 0.1) is 6.61 Å². The van der Waals surface area contributed by atoms with Crippen molar-refractivity contribution in [2.75, 3.05) is 6.61 Å². The molecule has 2 aromatic rings. The van der Waals surface area contributed by atoms with Crippen LogP contribution in [0.3, 0.4) is 0 Å². The van der Waals surface area contributed by atoms with Gasteiger partial charge in [0.25, 0.3) is 0 Å². The van der Waals surface area contributed by atoms with Gasteiger partial charge in [-0.3, -0.25) is 0 Å². The highest BCUT2D eigenvalue weighted by atomic mass is 35.5. The summed E-state index contributed by atoms with van der Waals surface area (Å²) >= 11 is 18.5. The van der Waals surface area contributed by atoms with Crippen molar-refractivity contribution in [1.29, 1.82) is 0 Å². The minimum Gasteiger partial charge on any atom is -0.396 e. The van der Waals surface area contributed by atoms with Crippen LogP contribution in [0.4, 0.5) is 0 Å². The second kappa shape index (κ2) is 6.62. The molecule has 0 aliphatic heterocycles. The Hall–Kier alpha value is -0.730. The van der Waals surface area contributed by atoms with Gasteiger partial charge in [-0.05, 0) is 35.7 Å². The average molecular weight is 316 g/mol. The quantitative estimate of drug-likeness (QED) is 0.845. The molecule has 0 spiro atoms. The first-order valence-electron chi connectivity index (χ1n) is 5.91. The number of hydrogen-bond acceptors (Lipinski definition) is 1. The maximum absolute atomic E-state index is 9.60. The van der Waals surface area contributed by atoms with Crippen LogP contribution in [0.25, 0.3) is 0 Å². The molecule has 100 valence electrons. The van der Waals surface area contributed by atoms with Crippen LogP contribution in [0.2, 0.25) is 15.1 Å². The predicted octanol–water partition coefficient (Wildman–Crippen LogP) is 4.97. The van der Waals surface area contributed by atoms with Crippen molar-refractivity contribution in [3.05, 3.63) is 68.7 Å². The van der Waals surface area contributed by atoms with Gasteiger partial charge in [0.2, 0.25) is 0 Å². The van der Waals surface area contributed by atoms with E-state index in [4.69, 9.17) is 34.8 Å². The standard InChI is InChI=1S/C15H13Cl3O/c16-13-5-2-1-4-11(13)10(9-19)8-12-14(17)6-3-7-15(12)18/h1-7,10,19H,8-9H2. The highest BCUT2D eigenvalue weighted by Gasteiger charge is 2.17. The summed E-state index contributed by atoms with van der Waals surface area (Å²) in [5, 5.41) is 11.5. The van der Waals surface area contributed by atoms with Crippen LogP contribution in [0.15, 0.2) is 42.5 Å². The zero-order valence-corrected chi connectivity index (χ0v) is 12.4.